The normalized spacial score (nSPS) is 36.7. The number of ether oxygens (including phenoxy) is 2. The van der Waals surface area contributed by atoms with E-state index in [2.05, 4.69) is 0 Å². The largest absolute Gasteiger partial charge is 0.498 e. The molecule has 0 saturated carbocycles. The van der Waals surface area contributed by atoms with Crippen LogP contribution in [0.3, 0.4) is 0 Å². The molecule has 0 radical (unpaired) electrons. The Kier molecular flexibility index (Phi) is 1.33. The summed E-state index contributed by atoms with van der Waals surface area (Å²) in [6, 6.07) is 6.82. The number of benzene rings is 1. The topological polar surface area (TPSA) is 55.9 Å². The molecule has 1 aromatic carbocycles. The number of hydrogen-bond acceptors (Lipinski definition) is 4. The van der Waals surface area contributed by atoms with Gasteiger partial charge in [-0.15, -0.1) is 0 Å². The molecular formula is C13H8O4. The van der Waals surface area contributed by atoms with Crippen molar-refractivity contribution in [3.8, 4) is 0 Å². The lowest BCUT2D eigenvalue weighted by Gasteiger charge is -2.24. The molecule has 0 spiro atoms. The third-order valence-corrected chi connectivity index (χ3v) is 3.70. The van der Waals surface area contributed by atoms with Crippen LogP contribution in [-0.2, 0) is 9.47 Å². The summed E-state index contributed by atoms with van der Waals surface area (Å²) < 4.78 is 10.6. The predicted molar refractivity (Wildman–Crippen MR) is 56.7 cm³/mol. The van der Waals surface area contributed by atoms with Gasteiger partial charge in [0.2, 0.25) is 17.2 Å². The Balaban J connectivity index is 2.03. The van der Waals surface area contributed by atoms with Crippen LogP contribution in [0.15, 0.2) is 36.6 Å². The molecule has 84 valence electrons. The highest BCUT2D eigenvalue weighted by Crippen LogP contribution is 2.57. The van der Waals surface area contributed by atoms with Crippen molar-refractivity contribution in [2.24, 2.45) is 0 Å². The van der Waals surface area contributed by atoms with E-state index in [-0.39, 0.29) is 18.2 Å². The minimum Gasteiger partial charge on any atom is -0.498 e. The van der Waals surface area contributed by atoms with Gasteiger partial charge < -0.3 is 9.47 Å². The van der Waals surface area contributed by atoms with Crippen molar-refractivity contribution in [2.45, 2.75) is 11.2 Å². The summed E-state index contributed by atoms with van der Waals surface area (Å²) in [6.45, 7) is 0.113. The quantitative estimate of drug-likeness (QED) is 0.624. The monoisotopic (exact) mass is 228 g/mol. The number of rotatable bonds is 0. The Morgan fingerprint density at radius 1 is 1.06 bits per heavy atom. The van der Waals surface area contributed by atoms with Gasteiger partial charge >= 0.3 is 0 Å². The van der Waals surface area contributed by atoms with E-state index >= 15 is 0 Å². The van der Waals surface area contributed by atoms with Crippen LogP contribution in [0, 0.1) is 0 Å². The Bertz CT molecular complexity index is 603. The molecule has 2 unspecified atom stereocenters. The zero-order valence-corrected chi connectivity index (χ0v) is 8.80. The smallest absolute Gasteiger partial charge is 0.206 e. The van der Waals surface area contributed by atoms with Crippen molar-refractivity contribution < 1.29 is 19.1 Å². The highest BCUT2D eigenvalue weighted by molar-refractivity contribution is 6.26. The molecular weight excluding hydrogens is 220 g/mol. The lowest BCUT2D eigenvalue weighted by molar-refractivity contribution is 0.0744. The van der Waals surface area contributed by atoms with Crippen LogP contribution in [0.5, 0.6) is 0 Å². The molecule has 1 fully saturated rings. The van der Waals surface area contributed by atoms with E-state index in [1.54, 1.807) is 30.3 Å². The summed E-state index contributed by atoms with van der Waals surface area (Å²) in [5, 5.41) is 0. The van der Waals surface area contributed by atoms with Gasteiger partial charge in [0.25, 0.3) is 0 Å². The highest BCUT2D eigenvalue weighted by atomic mass is 16.7. The summed E-state index contributed by atoms with van der Waals surface area (Å²) >= 11 is 0. The average Bonchev–Trinajstić information content (AvgIpc) is 3.08. The highest BCUT2D eigenvalue weighted by Gasteiger charge is 2.81. The van der Waals surface area contributed by atoms with Crippen molar-refractivity contribution in [3.63, 3.8) is 0 Å². The second-order valence-electron chi connectivity index (χ2n) is 4.48. The van der Waals surface area contributed by atoms with Crippen LogP contribution in [0.25, 0.3) is 0 Å². The fraction of sp³-hybridized carbons (Fsp3) is 0.231. The molecule has 4 nitrogen and oxygen atoms in total. The lowest BCUT2D eigenvalue weighted by atomic mass is 9.74. The molecule has 2 heterocycles. The average molecular weight is 228 g/mol. The van der Waals surface area contributed by atoms with E-state index in [0.717, 1.165) is 0 Å². The van der Waals surface area contributed by atoms with E-state index in [1.807, 2.05) is 0 Å². The van der Waals surface area contributed by atoms with Crippen molar-refractivity contribution in [1.82, 2.24) is 0 Å². The first-order valence-corrected chi connectivity index (χ1v) is 5.39. The van der Waals surface area contributed by atoms with Crippen LogP contribution in [-0.4, -0.2) is 29.4 Å². The van der Waals surface area contributed by atoms with Gasteiger partial charge in [0, 0.05) is 11.1 Å². The number of carbonyl (C=O) groups is 2. The van der Waals surface area contributed by atoms with E-state index in [1.165, 1.54) is 6.26 Å². The standard InChI is InChI=1S/C13H8O4/c14-10-8-3-1-2-4-9(8)11(15)13-7-16-6-5-12(10,13)17-13/h1-6H,7H2. The van der Waals surface area contributed by atoms with E-state index in [4.69, 9.17) is 9.47 Å². The van der Waals surface area contributed by atoms with Crippen LogP contribution < -0.4 is 0 Å². The molecule has 0 bridgehead atoms. The van der Waals surface area contributed by atoms with Crippen molar-refractivity contribution in [1.29, 1.82) is 0 Å². The molecule has 3 aliphatic rings. The van der Waals surface area contributed by atoms with Gasteiger partial charge in [-0.3, -0.25) is 9.59 Å². The number of fused-ring (bicyclic) bond motifs is 1. The first kappa shape index (κ1) is 9.13. The molecule has 17 heavy (non-hydrogen) atoms. The molecule has 1 aliphatic carbocycles. The van der Waals surface area contributed by atoms with Crippen molar-refractivity contribution in [2.75, 3.05) is 6.61 Å². The van der Waals surface area contributed by atoms with Gasteiger partial charge in [0.05, 0.1) is 6.26 Å². The van der Waals surface area contributed by atoms with Gasteiger partial charge in [-0.2, -0.15) is 0 Å². The first-order chi connectivity index (χ1) is 8.21. The molecule has 1 saturated heterocycles. The minimum atomic E-state index is -1.10. The van der Waals surface area contributed by atoms with Gasteiger partial charge in [-0.05, 0) is 6.08 Å². The molecule has 2 atom stereocenters. The third kappa shape index (κ3) is 0.784. The van der Waals surface area contributed by atoms with Gasteiger partial charge in [-0.1, -0.05) is 24.3 Å². The molecule has 0 N–H and O–H groups in total. The zero-order valence-electron chi connectivity index (χ0n) is 8.80. The van der Waals surface area contributed by atoms with E-state index < -0.39 is 11.2 Å². The Hall–Kier alpha value is -1.94. The summed E-state index contributed by atoms with van der Waals surface area (Å²) in [5.41, 5.74) is -1.33. The molecule has 4 heteroatoms. The number of hydrogen-bond donors (Lipinski definition) is 0. The third-order valence-electron chi connectivity index (χ3n) is 3.70. The molecule has 1 aromatic rings. The fourth-order valence-corrected chi connectivity index (χ4v) is 2.75. The maximum Gasteiger partial charge on any atom is 0.206 e. The second kappa shape index (κ2) is 2.49. The number of Topliss-reactive ketones (excluding diaryl/α,β-unsaturated/α-hetero) is 2. The Morgan fingerprint density at radius 2 is 1.76 bits per heavy atom. The van der Waals surface area contributed by atoms with E-state index in [9.17, 15) is 9.59 Å². The zero-order chi connectivity index (χ0) is 11.7. The predicted octanol–water partition coefficient (Wildman–Crippen LogP) is 1.12. The molecule has 0 amide bonds. The van der Waals surface area contributed by atoms with Crippen LogP contribution in [0.2, 0.25) is 0 Å². The van der Waals surface area contributed by atoms with Crippen LogP contribution in [0.1, 0.15) is 20.7 Å². The molecule has 0 aromatic heterocycles. The Labute approximate surface area is 96.8 Å². The summed E-state index contributed by atoms with van der Waals surface area (Å²) in [5.74, 6) is -0.302. The number of ketones is 2. The van der Waals surface area contributed by atoms with Crippen molar-refractivity contribution in [3.05, 3.63) is 47.7 Å². The first-order valence-electron chi connectivity index (χ1n) is 5.39. The summed E-state index contributed by atoms with van der Waals surface area (Å²) in [4.78, 5) is 24.7. The van der Waals surface area contributed by atoms with Crippen LogP contribution >= 0.6 is 0 Å². The van der Waals surface area contributed by atoms with Gasteiger partial charge in [0.15, 0.2) is 5.60 Å². The van der Waals surface area contributed by atoms with Crippen LogP contribution in [0.4, 0.5) is 0 Å². The number of epoxide rings is 1. The van der Waals surface area contributed by atoms with Crippen molar-refractivity contribution >= 4 is 11.6 Å². The maximum atomic E-state index is 12.4. The Morgan fingerprint density at radius 3 is 2.53 bits per heavy atom. The lowest BCUT2D eigenvalue weighted by Crippen LogP contribution is -2.48. The molecule has 2 aliphatic heterocycles. The van der Waals surface area contributed by atoms with Gasteiger partial charge in [0.1, 0.15) is 6.61 Å². The van der Waals surface area contributed by atoms with Gasteiger partial charge in [-0.25, -0.2) is 0 Å². The SMILES string of the molecule is O=C1c2ccccc2C(=O)C23COC=CC12O3. The summed E-state index contributed by atoms with van der Waals surface area (Å²) in [7, 11) is 0. The minimum absolute atomic E-state index is 0.113. The summed E-state index contributed by atoms with van der Waals surface area (Å²) in [6.07, 6.45) is 2.98. The maximum absolute atomic E-state index is 12.4. The fourth-order valence-electron chi connectivity index (χ4n) is 2.75. The second-order valence-corrected chi connectivity index (χ2v) is 4.48. The number of carbonyl (C=O) groups excluding carboxylic acids is 2. The molecule has 4 rings (SSSR count). The van der Waals surface area contributed by atoms with E-state index in [0.29, 0.717) is 11.1 Å².